The molecule has 0 aliphatic carbocycles. The number of carbonyl (C=O) groups is 2. The molecule has 1 aliphatic heterocycles. The van der Waals surface area contributed by atoms with Gasteiger partial charge in [0, 0.05) is 30.8 Å². The molecule has 36 heavy (non-hydrogen) atoms. The minimum Gasteiger partial charge on any atom is -0.495 e. The van der Waals surface area contributed by atoms with Gasteiger partial charge in [0.25, 0.3) is 0 Å². The van der Waals surface area contributed by atoms with Crippen LogP contribution in [0.5, 0.6) is 5.75 Å². The molecule has 2 aromatic carbocycles. The monoisotopic (exact) mass is 508 g/mol. The molecule has 1 aliphatic rings. The van der Waals surface area contributed by atoms with E-state index in [0.717, 1.165) is 40.8 Å². The molecule has 8 nitrogen and oxygen atoms in total. The number of likely N-dealkylation sites (tertiary alicyclic amines) is 1. The summed E-state index contributed by atoms with van der Waals surface area (Å²) in [5.41, 5.74) is 1.82. The number of hydrogen-bond donors (Lipinski definition) is 0. The van der Waals surface area contributed by atoms with Gasteiger partial charge in [-0.05, 0) is 38.3 Å². The van der Waals surface area contributed by atoms with E-state index < -0.39 is 0 Å². The number of hydrogen-bond acceptors (Lipinski definition) is 7. The third kappa shape index (κ3) is 6.07. The van der Waals surface area contributed by atoms with Gasteiger partial charge in [-0.25, -0.2) is 0 Å². The van der Waals surface area contributed by atoms with Crippen molar-refractivity contribution < 1.29 is 19.1 Å². The van der Waals surface area contributed by atoms with Crippen LogP contribution < -0.4 is 4.74 Å². The molecule has 1 amide bonds. The summed E-state index contributed by atoms with van der Waals surface area (Å²) < 4.78 is 12.8. The summed E-state index contributed by atoms with van der Waals surface area (Å²) in [6, 6.07) is 17.7. The van der Waals surface area contributed by atoms with Gasteiger partial charge in [-0.2, -0.15) is 0 Å². The Morgan fingerprint density at radius 1 is 1.08 bits per heavy atom. The van der Waals surface area contributed by atoms with Crippen LogP contribution in [0.15, 0.2) is 59.8 Å². The standard InChI is InChI=1S/C27H32N4O4S/c1-3-35-26(33)21-13-9-17-30(19-21)24(32)16-10-18-36-27-29-28-25(20-11-5-4-6-12-20)31(27)22-14-7-8-15-23(22)34-2/h4-8,11-12,14-15,21H,3,9-10,13,16-19H2,1-2H3. The maximum absolute atomic E-state index is 12.8. The lowest BCUT2D eigenvalue weighted by Gasteiger charge is -2.31. The Morgan fingerprint density at radius 2 is 1.86 bits per heavy atom. The number of methoxy groups -OCH3 is 1. The van der Waals surface area contributed by atoms with Crippen molar-refractivity contribution in [1.29, 1.82) is 0 Å². The fraction of sp³-hybridized carbons (Fsp3) is 0.407. The molecule has 0 radical (unpaired) electrons. The SMILES string of the molecule is CCOC(=O)C1CCCN(C(=O)CCCSc2nnc(-c3ccccc3)n2-c2ccccc2OC)C1. The Kier molecular flexibility index (Phi) is 9.00. The summed E-state index contributed by atoms with van der Waals surface area (Å²) in [5.74, 6) is 1.84. The quantitative estimate of drug-likeness (QED) is 0.224. The Bertz CT molecular complexity index is 1170. The van der Waals surface area contributed by atoms with Crippen molar-refractivity contribution in [3.05, 3.63) is 54.6 Å². The first kappa shape index (κ1) is 25.8. The molecule has 2 heterocycles. The molecular formula is C27H32N4O4S. The van der Waals surface area contributed by atoms with E-state index >= 15 is 0 Å². The highest BCUT2D eigenvalue weighted by Gasteiger charge is 2.29. The molecule has 190 valence electrons. The second-order valence-electron chi connectivity index (χ2n) is 8.56. The molecule has 9 heteroatoms. The number of benzene rings is 2. The number of piperidine rings is 1. The van der Waals surface area contributed by atoms with Gasteiger partial charge in [0.15, 0.2) is 11.0 Å². The van der Waals surface area contributed by atoms with E-state index in [4.69, 9.17) is 9.47 Å². The van der Waals surface area contributed by atoms with E-state index in [1.165, 1.54) is 0 Å². The summed E-state index contributed by atoms with van der Waals surface area (Å²) >= 11 is 1.57. The molecule has 1 unspecified atom stereocenters. The number of amides is 1. The van der Waals surface area contributed by atoms with E-state index in [-0.39, 0.29) is 17.8 Å². The normalized spacial score (nSPS) is 15.5. The molecule has 1 atom stereocenters. The second-order valence-corrected chi connectivity index (χ2v) is 9.62. The average Bonchev–Trinajstić information content (AvgIpc) is 3.35. The van der Waals surface area contributed by atoms with Crippen LogP contribution in [-0.4, -0.2) is 64.1 Å². The van der Waals surface area contributed by atoms with Crippen LogP contribution >= 0.6 is 11.8 Å². The third-order valence-corrected chi connectivity index (χ3v) is 7.17. The number of ether oxygens (including phenoxy) is 2. The van der Waals surface area contributed by atoms with Crippen LogP contribution in [0, 0.1) is 5.92 Å². The van der Waals surface area contributed by atoms with Gasteiger partial charge in [-0.1, -0.05) is 54.2 Å². The molecular weight excluding hydrogens is 476 g/mol. The van der Waals surface area contributed by atoms with Crippen LogP contribution in [-0.2, 0) is 14.3 Å². The number of para-hydroxylation sites is 2. The number of aromatic nitrogens is 3. The van der Waals surface area contributed by atoms with Crippen molar-refractivity contribution in [2.45, 2.75) is 37.8 Å². The van der Waals surface area contributed by atoms with Crippen LogP contribution in [0.4, 0.5) is 0 Å². The van der Waals surface area contributed by atoms with Crippen molar-refractivity contribution in [2.24, 2.45) is 5.92 Å². The average molecular weight is 509 g/mol. The second kappa shape index (κ2) is 12.6. The Hall–Kier alpha value is -3.33. The number of thioether (sulfide) groups is 1. The van der Waals surface area contributed by atoms with Gasteiger partial charge in [-0.15, -0.1) is 10.2 Å². The highest BCUT2D eigenvalue weighted by Crippen LogP contribution is 2.32. The lowest BCUT2D eigenvalue weighted by molar-refractivity contribution is -0.151. The Balaban J connectivity index is 1.42. The molecule has 4 rings (SSSR count). The number of nitrogens with zero attached hydrogens (tertiary/aromatic N) is 4. The maximum atomic E-state index is 12.8. The van der Waals surface area contributed by atoms with Gasteiger partial charge in [0.2, 0.25) is 5.91 Å². The van der Waals surface area contributed by atoms with Crippen molar-refractivity contribution in [1.82, 2.24) is 19.7 Å². The maximum Gasteiger partial charge on any atom is 0.310 e. The minimum atomic E-state index is -0.215. The largest absolute Gasteiger partial charge is 0.495 e. The van der Waals surface area contributed by atoms with Crippen molar-refractivity contribution in [3.8, 4) is 22.8 Å². The van der Waals surface area contributed by atoms with Crippen LogP contribution in [0.1, 0.15) is 32.6 Å². The molecule has 0 N–H and O–H groups in total. The van der Waals surface area contributed by atoms with Crippen molar-refractivity contribution >= 4 is 23.6 Å². The van der Waals surface area contributed by atoms with Gasteiger partial charge in [-0.3, -0.25) is 14.2 Å². The zero-order chi connectivity index (χ0) is 25.3. The first-order chi connectivity index (χ1) is 17.6. The summed E-state index contributed by atoms with van der Waals surface area (Å²) in [6.45, 7) is 3.32. The van der Waals surface area contributed by atoms with Crippen LogP contribution in [0.25, 0.3) is 17.1 Å². The lowest BCUT2D eigenvalue weighted by atomic mass is 9.98. The molecule has 3 aromatic rings. The molecule has 0 spiro atoms. The van der Waals surface area contributed by atoms with E-state index in [0.29, 0.717) is 38.3 Å². The predicted molar refractivity (Wildman–Crippen MR) is 139 cm³/mol. The molecule has 0 bridgehead atoms. The number of carbonyl (C=O) groups excluding carboxylic acids is 2. The van der Waals surface area contributed by atoms with Gasteiger partial charge in [0.05, 0.1) is 25.3 Å². The zero-order valence-electron chi connectivity index (χ0n) is 20.8. The topological polar surface area (TPSA) is 86.5 Å². The van der Waals surface area contributed by atoms with Gasteiger partial charge >= 0.3 is 5.97 Å². The Morgan fingerprint density at radius 3 is 2.64 bits per heavy atom. The first-order valence-corrected chi connectivity index (χ1v) is 13.3. The van der Waals surface area contributed by atoms with Crippen LogP contribution in [0.3, 0.4) is 0 Å². The summed E-state index contributed by atoms with van der Waals surface area (Å²) in [6.07, 6.45) is 2.73. The van der Waals surface area contributed by atoms with Gasteiger partial charge in [0.1, 0.15) is 5.75 Å². The fourth-order valence-electron chi connectivity index (χ4n) is 4.37. The molecule has 0 saturated carbocycles. The number of esters is 1. The van der Waals surface area contributed by atoms with E-state index in [1.54, 1.807) is 30.7 Å². The van der Waals surface area contributed by atoms with Crippen molar-refractivity contribution in [2.75, 3.05) is 32.6 Å². The predicted octanol–water partition coefficient (Wildman–Crippen LogP) is 4.62. The van der Waals surface area contributed by atoms with Crippen LogP contribution in [0.2, 0.25) is 0 Å². The summed E-state index contributed by atoms with van der Waals surface area (Å²) in [7, 11) is 1.65. The first-order valence-electron chi connectivity index (χ1n) is 12.3. The highest BCUT2D eigenvalue weighted by atomic mass is 32.2. The smallest absolute Gasteiger partial charge is 0.310 e. The summed E-state index contributed by atoms with van der Waals surface area (Å²) in [4.78, 5) is 26.7. The minimum absolute atomic E-state index is 0.0840. The van der Waals surface area contributed by atoms with Gasteiger partial charge < -0.3 is 14.4 Å². The van der Waals surface area contributed by atoms with E-state index in [1.807, 2.05) is 59.2 Å². The molecule has 1 aromatic heterocycles. The fourth-order valence-corrected chi connectivity index (χ4v) is 5.25. The van der Waals surface area contributed by atoms with E-state index in [2.05, 4.69) is 10.2 Å². The van der Waals surface area contributed by atoms with Crippen molar-refractivity contribution in [3.63, 3.8) is 0 Å². The number of rotatable bonds is 10. The summed E-state index contributed by atoms with van der Waals surface area (Å²) in [5, 5.41) is 9.70. The highest BCUT2D eigenvalue weighted by molar-refractivity contribution is 7.99. The Labute approximate surface area is 216 Å². The third-order valence-electron chi connectivity index (χ3n) is 6.15. The molecule has 1 fully saturated rings. The van der Waals surface area contributed by atoms with E-state index in [9.17, 15) is 9.59 Å². The zero-order valence-corrected chi connectivity index (χ0v) is 21.6. The lowest BCUT2D eigenvalue weighted by Crippen LogP contribution is -2.42. The molecule has 1 saturated heterocycles.